The number of rotatable bonds is 4. The molecule has 0 aliphatic heterocycles. The Morgan fingerprint density at radius 2 is 1.71 bits per heavy atom. The fourth-order valence-electron chi connectivity index (χ4n) is 2.45. The van der Waals surface area contributed by atoms with Gasteiger partial charge >= 0.3 is 0 Å². The molecule has 2 heterocycles. The third kappa shape index (κ3) is 3.07. The maximum Gasteiger partial charge on any atom is 0.260 e. The number of aromatic nitrogens is 2. The van der Waals surface area contributed by atoms with E-state index in [0.717, 1.165) is 28.4 Å². The minimum Gasteiger partial charge on any atom is -0.365 e. The van der Waals surface area contributed by atoms with Crippen molar-refractivity contribution < 1.29 is 9.59 Å². The number of nitrogens with one attached hydrogen (secondary N) is 1. The Kier molecular flexibility index (Phi) is 4.18. The van der Waals surface area contributed by atoms with Gasteiger partial charge in [0.1, 0.15) is 4.88 Å². The summed E-state index contributed by atoms with van der Waals surface area (Å²) in [4.78, 5) is 27.6. The number of hydrogen-bond donors (Lipinski definition) is 2. The van der Waals surface area contributed by atoms with Gasteiger partial charge in [0.05, 0.1) is 6.20 Å². The van der Waals surface area contributed by atoms with Gasteiger partial charge in [-0.05, 0) is 50.2 Å². The van der Waals surface area contributed by atoms with Crippen molar-refractivity contribution in [3.63, 3.8) is 0 Å². The molecule has 0 unspecified atom stereocenters. The third-order valence-electron chi connectivity index (χ3n) is 3.63. The highest BCUT2D eigenvalue weighted by molar-refractivity contribution is 7.17. The highest BCUT2D eigenvalue weighted by Gasteiger charge is 2.12. The van der Waals surface area contributed by atoms with Crippen LogP contribution in [0, 0.1) is 13.8 Å². The lowest BCUT2D eigenvalue weighted by molar-refractivity contribution is 0.100. The summed E-state index contributed by atoms with van der Waals surface area (Å²) in [5.74, 6) is -0.845. The Morgan fingerprint density at radius 3 is 2.25 bits per heavy atom. The molecule has 2 amide bonds. The van der Waals surface area contributed by atoms with E-state index >= 15 is 0 Å². The van der Waals surface area contributed by atoms with Crippen molar-refractivity contribution in [3.05, 3.63) is 64.4 Å². The molecule has 0 saturated carbocycles. The number of hydrogen-bond acceptors (Lipinski definition) is 4. The standard InChI is InChI=1S/C17H16N4O2S/c1-10-3-4-11(2)21(10)13-7-5-12(6-8-13)16(23)20-17-19-9-14(24-17)15(18)22/h3-9H,1-2H3,(H2,18,22)(H,19,20,23). The maximum absolute atomic E-state index is 12.3. The van der Waals surface area contributed by atoms with Crippen LogP contribution in [0.15, 0.2) is 42.6 Å². The van der Waals surface area contributed by atoms with Gasteiger partial charge < -0.3 is 10.3 Å². The number of benzene rings is 1. The summed E-state index contributed by atoms with van der Waals surface area (Å²) in [6.07, 6.45) is 1.35. The van der Waals surface area contributed by atoms with Gasteiger partial charge in [0, 0.05) is 22.6 Å². The Labute approximate surface area is 142 Å². The highest BCUT2D eigenvalue weighted by Crippen LogP contribution is 2.20. The van der Waals surface area contributed by atoms with Gasteiger partial charge in [0.2, 0.25) is 0 Å². The molecule has 0 spiro atoms. The predicted octanol–water partition coefficient (Wildman–Crippen LogP) is 2.90. The Bertz CT molecular complexity index is 890. The van der Waals surface area contributed by atoms with E-state index in [9.17, 15) is 9.59 Å². The van der Waals surface area contributed by atoms with Crippen LogP contribution in [0.4, 0.5) is 5.13 Å². The van der Waals surface area contributed by atoms with E-state index in [1.54, 1.807) is 12.1 Å². The molecule has 0 fully saturated rings. The quantitative estimate of drug-likeness (QED) is 0.765. The fraction of sp³-hybridized carbons (Fsp3) is 0.118. The van der Waals surface area contributed by atoms with Gasteiger partial charge in [-0.25, -0.2) is 4.98 Å². The molecule has 3 aromatic rings. The number of carbonyl (C=O) groups is 2. The van der Waals surface area contributed by atoms with E-state index in [0.29, 0.717) is 15.6 Å². The molecule has 122 valence electrons. The van der Waals surface area contributed by atoms with Gasteiger partial charge in [0.15, 0.2) is 5.13 Å². The van der Waals surface area contributed by atoms with Crippen LogP contribution in [0.3, 0.4) is 0 Å². The first kappa shape index (κ1) is 15.9. The summed E-state index contributed by atoms with van der Waals surface area (Å²) >= 11 is 1.05. The minimum atomic E-state index is -0.560. The zero-order chi connectivity index (χ0) is 17.3. The van der Waals surface area contributed by atoms with Crippen LogP contribution in [0.5, 0.6) is 0 Å². The van der Waals surface area contributed by atoms with Gasteiger partial charge in [-0.2, -0.15) is 0 Å². The van der Waals surface area contributed by atoms with Gasteiger partial charge in [0.25, 0.3) is 11.8 Å². The van der Waals surface area contributed by atoms with Crippen LogP contribution in [-0.4, -0.2) is 21.4 Å². The van der Waals surface area contributed by atoms with Crippen molar-refractivity contribution >= 4 is 28.3 Å². The summed E-state index contributed by atoms with van der Waals surface area (Å²) in [7, 11) is 0. The van der Waals surface area contributed by atoms with E-state index in [-0.39, 0.29) is 5.91 Å². The average molecular weight is 340 g/mol. The normalized spacial score (nSPS) is 10.6. The first-order chi connectivity index (χ1) is 11.5. The molecule has 0 saturated heterocycles. The third-order valence-corrected chi connectivity index (χ3v) is 4.56. The van der Waals surface area contributed by atoms with Crippen molar-refractivity contribution in [2.75, 3.05) is 5.32 Å². The molecule has 24 heavy (non-hydrogen) atoms. The van der Waals surface area contributed by atoms with E-state index in [2.05, 4.69) is 27.0 Å². The minimum absolute atomic E-state index is 0.284. The van der Waals surface area contributed by atoms with Crippen LogP contribution in [0.2, 0.25) is 0 Å². The van der Waals surface area contributed by atoms with Crippen molar-refractivity contribution in [3.8, 4) is 5.69 Å². The fourth-order valence-corrected chi connectivity index (χ4v) is 3.12. The molecule has 0 bridgehead atoms. The number of primary amides is 1. The lowest BCUT2D eigenvalue weighted by atomic mass is 10.2. The van der Waals surface area contributed by atoms with Crippen LogP contribution >= 0.6 is 11.3 Å². The number of amides is 2. The summed E-state index contributed by atoms with van der Waals surface area (Å²) < 4.78 is 2.11. The van der Waals surface area contributed by atoms with Crippen molar-refractivity contribution in [1.82, 2.24) is 9.55 Å². The molecular weight excluding hydrogens is 324 g/mol. The number of nitrogens with zero attached hydrogens (tertiary/aromatic N) is 2. The summed E-state index contributed by atoms with van der Waals surface area (Å²) in [5.41, 5.74) is 8.94. The molecule has 3 N–H and O–H groups in total. The summed E-state index contributed by atoms with van der Waals surface area (Å²) in [5, 5.41) is 3.01. The zero-order valence-corrected chi connectivity index (χ0v) is 14.1. The van der Waals surface area contributed by atoms with Gasteiger partial charge in [-0.3, -0.25) is 14.9 Å². The molecule has 0 radical (unpaired) electrons. The molecule has 0 atom stereocenters. The average Bonchev–Trinajstić information content (AvgIpc) is 3.15. The second-order valence-electron chi connectivity index (χ2n) is 5.35. The molecule has 0 aliphatic carbocycles. The predicted molar refractivity (Wildman–Crippen MR) is 93.8 cm³/mol. The first-order valence-electron chi connectivity index (χ1n) is 7.28. The van der Waals surface area contributed by atoms with Crippen LogP contribution < -0.4 is 11.1 Å². The lowest BCUT2D eigenvalue weighted by Gasteiger charge is -2.10. The Morgan fingerprint density at radius 1 is 1.08 bits per heavy atom. The topological polar surface area (TPSA) is 90.0 Å². The number of thiazole rings is 1. The molecule has 0 aliphatic rings. The lowest BCUT2D eigenvalue weighted by Crippen LogP contribution is -2.12. The first-order valence-corrected chi connectivity index (χ1v) is 8.10. The molecule has 6 nitrogen and oxygen atoms in total. The summed E-state index contributed by atoms with van der Waals surface area (Å²) in [6.45, 7) is 4.07. The largest absolute Gasteiger partial charge is 0.365 e. The molecular formula is C17H16N4O2S. The number of carbonyl (C=O) groups excluding carboxylic acids is 2. The van der Waals surface area contributed by atoms with E-state index < -0.39 is 5.91 Å². The second-order valence-corrected chi connectivity index (χ2v) is 6.38. The number of aryl methyl sites for hydroxylation is 2. The highest BCUT2D eigenvalue weighted by atomic mass is 32.1. The van der Waals surface area contributed by atoms with Crippen molar-refractivity contribution in [2.24, 2.45) is 5.73 Å². The van der Waals surface area contributed by atoms with Gasteiger partial charge in [-0.1, -0.05) is 11.3 Å². The SMILES string of the molecule is Cc1ccc(C)n1-c1ccc(C(=O)Nc2ncc(C(N)=O)s2)cc1. The smallest absolute Gasteiger partial charge is 0.260 e. The molecule has 2 aromatic heterocycles. The molecule has 3 rings (SSSR count). The van der Waals surface area contributed by atoms with E-state index in [1.807, 2.05) is 26.0 Å². The maximum atomic E-state index is 12.3. The van der Waals surface area contributed by atoms with Crippen LogP contribution in [0.1, 0.15) is 31.4 Å². The Balaban J connectivity index is 1.77. The Hall–Kier alpha value is -2.93. The van der Waals surface area contributed by atoms with Crippen LogP contribution in [-0.2, 0) is 0 Å². The van der Waals surface area contributed by atoms with Crippen molar-refractivity contribution in [2.45, 2.75) is 13.8 Å². The number of anilines is 1. The van der Waals surface area contributed by atoms with Crippen molar-refractivity contribution in [1.29, 1.82) is 0 Å². The zero-order valence-electron chi connectivity index (χ0n) is 13.2. The number of nitrogens with two attached hydrogens (primary N) is 1. The summed E-state index contributed by atoms with van der Waals surface area (Å²) in [6, 6.07) is 11.4. The van der Waals surface area contributed by atoms with Gasteiger partial charge in [-0.15, -0.1) is 0 Å². The second kappa shape index (κ2) is 6.29. The molecule has 1 aromatic carbocycles. The van der Waals surface area contributed by atoms with E-state index in [1.165, 1.54) is 6.20 Å². The van der Waals surface area contributed by atoms with E-state index in [4.69, 9.17) is 5.73 Å². The molecule has 7 heteroatoms. The van der Waals surface area contributed by atoms with Crippen LogP contribution in [0.25, 0.3) is 5.69 Å². The monoisotopic (exact) mass is 340 g/mol.